The number of furan rings is 1. The summed E-state index contributed by atoms with van der Waals surface area (Å²) in [7, 11) is 0. The molecule has 11 heteroatoms. The average Bonchev–Trinajstić information content (AvgIpc) is 4.07. The summed E-state index contributed by atoms with van der Waals surface area (Å²) in [6.07, 6.45) is 8.60. The fourth-order valence-corrected chi connectivity index (χ4v) is 8.60. The third-order valence-corrected chi connectivity index (χ3v) is 11.8. The zero-order valence-corrected chi connectivity index (χ0v) is 34.2. The van der Waals surface area contributed by atoms with E-state index >= 15 is 0 Å². The summed E-state index contributed by atoms with van der Waals surface area (Å²) < 4.78 is 5.09. The highest BCUT2D eigenvalue weighted by Gasteiger charge is 2.29. The lowest BCUT2D eigenvalue weighted by molar-refractivity contribution is -0.134. The molecule has 0 fully saturated rings. The molecule has 1 atom stereocenters. The number of nitrogens with zero attached hydrogens (tertiary/aromatic N) is 4. The molecule has 1 N–H and O–H groups in total. The molecule has 0 radical (unpaired) electrons. The predicted octanol–water partition coefficient (Wildman–Crippen LogP) is 10.1. The van der Waals surface area contributed by atoms with Crippen LogP contribution in [0.3, 0.4) is 0 Å². The summed E-state index contributed by atoms with van der Waals surface area (Å²) in [5.74, 6) is -0.460. The Balaban J connectivity index is 0.987. The number of thiazole rings is 2. The molecule has 0 saturated heterocycles. The molecule has 3 heterocycles. The highest BCUT2D eigenvalue weighted by Crippen LogP contribution is 2.32. The molecule has 3 amide bonds. The number of rotatable bonds is 17. The maximum absolute atomic E-state index is 14.1. The van der Waals surface area contributed by atoms with Gasteiger partial charge in [0.2, 0.25) is 11.8 Å². The summed E-state index contributed by atoms with van der Waals surface area (Å²) in [4.78, 5) is 55.4. The van der Waals surface area contributed by atoms with E-state index in [1.54, 1.807) is 33.6 Å². The molecule has 0 aliphatic heterocycles. The van der Waals surface area contributed by atoms with Crippen molar-refractivity contribution in [3.63, 3.8) is 0 Å². The lowest BCUT2D eigenvalue weighted by atomic mass is 10.0. The van der Waals surface area contributed by atoms with Gasteiger partial charge in [0.15, 0.2) is 0 Å². The van der Waals surface area contributed by atoms with Crippen molar-refractivity contribution in [2.24, 2.45) is 0 Å². The normalized spacial score (nSPS) is 11.6. The number of hydrogen-bond donors (Lipinski definition) is 1. The Morgan fingerprint density at radius 3 is 1.71 bits per heavy atom. The van der Waals surface area contributed by atoms with Crippen molar-refractivity contribution in [1.82, 2.24) is 25.1 Å². The van der Waals surface area contributed by atoms with Crippen LogP contribution < -0.4 is 5.32 Å². The summed E-state index contributed by atoms with van der Waals surface area (Å²) in [6, 6.07) is 36.8. The van der Waals surface area contributed by atoms with Crippen molar-refractivity contribution < 1.29 is 18.8 Å². The zero-order chi connectivity index (χ0) is 40.3. The molecular formula is C47H45N5O4S2. The number of carbonyl (C=O) groups is 3. The maximum atomic E-state index is 14.1. The van der Waals surface area contributed by atoms with Crippen LogP contribution in [0.4, 0.5) is 0 Å². The van der Waals surface area contributed by atoms with Gasteiger partial charge in [0, 0.05) is 25.5 Å². The van der Waals surface area contributed by atoms with E-state index in [0.29, 0.717) is 43.7 Å². The molecule has 0 bridgehead atoms. The van der Waals surface area contributed by atoms with Gasteiger partial charge >= 0.3 is 0 Å². The summed E-state index contributed by atoms with van der Waals surface area (Å²) in [5, 5.41) is 4.66. The Kier molecular flexibility index (Phi) is 13.3. The summed E-state index contributed by atoms with van der Waals surface area (Å²) >= 11 is 3.18. The van der Waals surface area contributed by atoms with Crippen molar-refractivity contribution in [3.8, 4) is 32.0 Å². The monoisotopic (exact) mass is 807 g/mol. The minimum atomic E-state index is -0.862. The second-order valence-electron chi connectivity index (χ2n) is 14.0. The first-order chi connectivity index (χ1) is 28.4. The van der Waals surface area contributed by atoms with Gasteiger partial charge in [-0.3, -0.25) is 14.4 Å². The van der Waals surface area contributed by atoms with Crippen molar-refractivity contribution >= 4 is 40.4 Å². The molecule has 294 valence electrons. The van der Waals surface area contributed by atoms with Crippen molar-refractivity contribution in [1.29, 1.82) is 0 Å². The highest BCUT2D eigenvalue weighted by molar-refractivity contribution is 7.15. The SMILES string of the molecule is CCCN(Cc1ncc(-c2ccc(-c3ccc(-c4cnc(CN(CCC)C(=O)[C@@H](NC(=O)c5ccoc5)c5ccccc5)s4)cc3)cc2)s1)C(=O)Cc1ccccc1. The quantitative estimate of drug-likeness (QED) is 0.0982. The van der Waals surface area contributed by atoms with E-state index in [4.69, 9.17) is 9.40 Å². The lowest BCUT2D eigenvalue weighted by Crippen LogP contribution is -2.43. The van der Waals surface area contributed by atoms with Gasteiger partial charge in [0.05, 0.1) is 41.1 Å². The van der Waals surface area contributed by atoms with Crippen LogP contribution in [-0.2, 0) is 29.1 Å². The first-order valence-corrected chi connectivity index (χ1v) is 21.1. The van der Waals surface area contributed by atoms with Gasteiger partial charge in [-0.05, 0) is 52.3 Å². The standard InChI is InChI=1S/C47H45N5O4S2/c1-3-24-51(44(53)27-33-11-7-5-8-12-33)30-42-48-28-40(57-42)36-19-15-34(16-20-36)35-17-21-37(22-18-35)41-29-49-43(58-41)31-52(25-4-2)47(55)45(38-13-9-6-10-14-38)50-46(54)39-23-26-56-32-39/h5-23,26,28-29,32,45H,3-4,24-25,27,30-31H2,1-2H3,(H,50,54)/t45-/m0/s1. The second-order valence-corrected chi connectivity index (χ2v) is 16.2. The predicted molar refractivity (Wildman–Crippen MR) is 231 cm³/mol. The smallest absolute Gasteiger partial charge is 0.255 e. The average molecular weight is 808 g/mol. The van der Waals surface area contributed by atoms with Crippen LogP contribution in [-0.4, -0.2) is 50.6 Å². The van der Waals surface area contributed by atoms with Crippen LogP contribution in [0.2, 0.25) is 0 Å². The minimum Gasteiger partial charge on any atom is -0.472 e. The fourth-order valence-electron chi connectivity index (χ4n) is 6.72. The van der Waals surface area contributed by atoms with E-state index in [9.17, 15) is 14.4 Å². The molecule has 0 saturated carbocycles. The molecule has 0 aliphatic rings. The molecule has 3 aromatic heterocycles. The number of hydrogen-bond acceptors (Lipinski definition) is 8. The van der Waals surface area contributed by atoms with Crippen LogP contribution in [0, 0.1) is 0 Å². The molecule has 7 aromatic rings. The molecule has 9 nitrogen and oxygen atoms in total. The number of amides is 3. The van der Waals surface area contributed by atoms with E-state index in [1.165, 1.54) is 12.5 Å². The Morgan fingerprint density at radius 2 is 1.17 bits per heavy atom. The van der Waals surface area contributed by atoms with Crippen molar-refractivity contribution in [2.75, 3.05) is 13.1 Å². The second kappa shape index (κ2) is 19.3. The number of nitrogens with one attached hydrogen (secondary N) is 1. The summed E-state index contributed by atoms with van der Waals surface area (Å²) in [5.41, 5.74) is 6.41. The molecule has 4 aromatic carbocycles. The minimum absolute atomic E-state index is 0.115. The van der Waals surface area contributed by atoms with Gasteiger partial charge in [-0.25, -0.2) is 9.97 Å². The van der Waals surface area contributed by atoms with Crippen LogP contribution in [0.25, 0.3) is 32.0 Å². The first-order valence-electron chi connectivity index (χ1n) is 19.5. The Labute approximate surface area is 347 Å². The van der Waals surface area contributed by atoms with Crippen molar-refractivity contribution in [2.45, 2.75) is 52.2 Å². The largest absolute Gasteiger partial charge is 0.472 e. The van der Waals surface area contributed by atoms with Crippen LogP contribution in [0.15, 0.2) is 145 Å². The van der Waals surface area contributed by atoms with E-state index < -0.39 is 6.04 Å². The van der Waals surface area contributed by atoms with Crippen LogP contribution in [0.1, 0.15) is 64.2 Å². The van der Waals surface area contributed by atoms with Gasteiger partial charge in [-0.2, -0.15) is 0 Å². The molecule has 7 rings (SSSR count). The Morgan fingerprint density at radius 1 is 0.655 bits per heavy atom. The Hall–Kier alpha value is -6.17. The number of carbonyl (C=O) groups excluding carboxylic acids is 3. The maximum Gasteiger partial charge on any atom is 0.255 e. The number of aromatic nitrogens is 2. The van der Waals surface area contributed by atoms with E-state index in [2.05, 4.69) is 65.8 Å². The van der Waals surface area contributed by atoms with Gasteiger partial charge in [0.25, 0.3) is 5.91 Å². The highest BCUT2D eigenvalue weighted by atomic mass is 32.1. The molecule has 0 aliphatic carbocycles. The fraction of sp³-hybridized carbons (Fsp3) is 0.213. The zero-order valence-electron chi connectivity index (χ0n) is 32.5. The molecule has 0 spiro atoms. The Bertz CT molecular complexity index is 2390. The van der Waals surface area contributed by atoms with Crippen LogP contribution >= 0.6 is 22.7 Å². The van der Waals surface area contributed by atoms with Gasteiger partial charge in [0.1, 0.15) is 22.3 Å². The van der Waals surface area contributed by atoms with Crippen LogP contribution in [0.5, 0.6) is 0 Å². The van der Waals surface area contributed by atoms with Gasteiger partial charge in [-0.1, -0.05) is 123 Å². The third kappa shape index (κ3) is 10.0. The molecular weight excluding hydrogens is 763 g/mol. The van der Waals surface area contributed by atoms with E-state index in [1.807, 2.05) is 84.9 Å². The van der Waals surface area contributed by atoms with Gasteiger partial charge < -0.3 is 19.5 Å². The molecule has 58 heavy (non-hydrogen) atoms. The topological polar surface area (TPSA) is 109 Å². The lowest BCUT2D eigenvalue weighted by Gasteiger charge is -2.27. The van der Waals surface area contributed by atoms with E-state index in [-0.39, 0.29) is 17.7 Å². The molecule has 0 unspecified atom stereocenters. The number of benzene rings is 4. The van der Waals surface area contributed by atoms with Crippen molar-refractivity contribution in [3.05, 3.63) is 167 Å². The third-order valence-electron chi connectivity index (χ3n) is 9.72. The summed E-state index contributed by atoms with van der Waals surface area (Å²) in [6.45, 7) is 6.17. The van der Waals surface area contributed by atoms with E-state index in [0.717, 1.165) is 60.4 Å². The first kappa shape index (κ1) is 40.0. The van der Waals surface area contributed by atoms with Gasteiger partial charge in [-0.15, -0.1) is 22.7 Å².